The average Bonchev–Trinajstić information content (AvgIpc) is 3.39. The molecule has 5 rings (SSSR count). The van der Waals surface area contributed by atoms with E-state index in [0.29, 0.717) is 11.6 Å². The second kappa shape index (κ2) is 8.52. The highest BCUT2D eigenvalue weighted by atomic mass is 79.9. The summed E-state index contributed by atoms with van der Waals surface area (Å²) in [5.41, 5.74) is 3.41. The fraction of sp³-hybridized carbons (Fsp3) is 0.200. The number of fused-ring (bicyclic) bond motifs is 2. The Hall–Kier alpha value is -3.23. The molecule has 172 valence electrons. The Morgan fingerprint density at radius 1 is 1.12 bits per heavy atom. The molecule has 7 nitrogen and oxygen atoms in total. The molecule has 0 saturated carbocycles. The van der Waals surface area contributed by atoms with E-state index in [4.69, 9.17) is 21.3 Å². The maximum atomic E-state index is 13.0. The Labute approximate surface area is 209 Å². The summed E-state index contributed by atoms with van der Waals surface area (Å²) in [4.78, 5) is 22.0. The molecule has 0 spiro atoms. The second-order valence-corrected chi connectivity index (χ2v) is 10.3. The van der Waals surface area contributed by atoms with Crippen LogP contribution in [0.2, 0.25) is 5.02 Å². The van der Waals surface area contributed by atoms with Crippen molar-refractivity contribution in [2.45, 2.75) is 32.9 Å². The molecule has 0 radical (unpaired) electrons. The molecule has 0 saturated heterocycles. The number of hydrogen-bond donors (Lipinski definition) is 0. The summed E-state index contributed by atoms with van der Waals surface area (Å²) < 4.78 is 9.83. The van der Waals surface area contributed by atoms with E-state index in [1.54, 1.807) is 17.2 Å². The quantitative estimate of drug-likeness (QED) is 0.256. The van der Waals surface area contributed by atoms with Gasteiger partial charge in [-0.15, -0.1) is 0 Å². The van der Waals surface area contributed by atoms with Crippen LogP contribution in [0, 0.1) is 0 Å². The van der Waals surface area contributed by atoms with Gasteiger partial charge in [0.2, 0.25) is 0 Å². The maximum absolute atomic E-state index is 13.0. The lowest BCUT2D eigenvalue weighted by molar-refractivity contribution is 0.0544. The van der Waals surface area contributed by atoms with Gasteiger partial charge < -0.3 is 4.74 Å². The second-order valence-electron chi connectivity index (χ2n) is 8.98. The number of pyridine rings is 1. The van der Waals surface area contributed by atoms with E-state index in [1.165, 1.54) is 10.9 Å². The number of hydrogen-bond acceptors (Lipinski definition) is 5. The minimum Gasteiger partial charge on any atom is -0.443 e. The van der Waals surface area contributed by atoms with Gasteiger partial charge in [-0.05, 0) is 62.7 Å². The van der Waals surface area contributed by atoms with Gasteiger partial charge >= 0.3 is 6.09 Å². The number of ether oxygens (including phenoxy) is 1. The zero-order valence-corrected chi connectivity index (χ0v) is 21.1. The van der Waals surface area contributed by atoms with Crippen LogP contribution in [-0.2, 0) is 11.3 Å². The van der Waals surface area contributed by atoms with Crippen molar-refractivity contribution in [3.05, 3.63) is 76.4 Å². The highest BCUT2D eigenvalue weighted by molar-refractivity contribution is 9.10. The zero-order chi connectivity index (χ0) is 24.0. The predicted octanol–water partition coefficient (Wildman–Crippen LogP) is 6.70. The number of halogens is 2. The van der Waals surface area contributed by atoms with Crippen LogP contribution in [0.3, 0.4) is 0 Å². The van der Waals surface area contributed by atoms with Crippen LogP contribution in [0.15, 0.2) is 65.8 Å². The molecular formula is C25H21BrClN5O2. The molecule has 0 aliphatic heterocycles. The minimum atomic E-state index is -0.619. The topological polar surface area (TPSA) is 74.8 Å². The molecule has 0 unspecified atom stereocenters. The molecule has 0 aliphatic carbocycles. The molecule has 3 heterocycles. The van der Waals surface area contributed by atoms with Crippen molar-refractivity contribution in [3.8, 4) is 11.3 Å². The Balaban J connectivity index is 1.73. The molecule has 5 aromatic rings. The highest BCUT2D eigenvalue weighted by Crippen LogP contribution is 2.35. The zero-order valence-electron chi connectivity index (χ0n) is 18.8. The molecule has 3 aromatic heterocycles. The Morgan fingerprint density at radius 3 is 2.68 bits per heavy atom. The largest absolute Gasteiger partial charge is 0.443 e. The van der Waals surface area contributed by atoms with Crippen LogP contribution in [0.4, 0.5) is 4.79 Å². The number of carbonyl (C=O) groups is 1. The molecule has 34 heavy (non-hydrogen) atoms. The van der Waals surface area contributed by atoms with Gasteiger partial charge in [0, 0.05) is 32.0 Å². The first-order chi connectivity index (χ1) is 16.2. The smallest absolute Gasteiger partial charge is 0.419 e. The van der Waals surface area contributed by atoms with Crippen LogP contribution in [-0.4, -0.2) is 36.0 Å². The van der Waals surface area contributed by atoms with Gasteiger partial charge in [0.1, 0.15) is 18.3 Å². The summed E-state index contributed by atoms with van der Waals surface area (Å²) in [5, 5.41) is 6.70. The predicted molar refractivity (Wildman–Crippen MR) is 136 cm³/mol. The lowest BCUT2D eigenvalue weighted by atomic mass is 10.0. The van der Waals surface area contributed by atoms with Crippen LogP contribution in [0.1, 0.15) is 26.3 Å². The SMILES string of the molecule is CC(C)(C)OC(=O)n1cc(-c2cc(Cn3cncn3)c3ccc(Cl)cc3n2)c2cc(Br)ccc21. The fourth-order valence-corrected chi connectivity index (χ4v) is 4.43. The van der Waals surface area contributed by atoms with Crippen molar-refractivity contribution in [2.24, 2.45) is 0 Å². The molecule has 0 aliphatic rings. The fourth-order valence-electron chi connectivity index (χ4n) is 3.90. The van der Waals surface area contributed by atoms with Crippen molar-refractivity contribution in [2.75, 3.05) is 0 Å². The number of benzene rings is 2. The number of nitrogens with zero attached hydrogens (tertiary/aromatic N) is 5. The van der Waals surface area contributed by atoms with Gasteiger partial charge in [0.05, 0.1) is 23.3 Å². The van der Waals surface area contributed by atoms with Crippen molar-refractivity contribution in [1.29, 1.82) is 0 Å². The summed E-state index contributed by atoms with van der Waals surface area (Å²) >= 11 is 9.85. The summed E-state index contributed by atoms with van der Waals surface area (Å²) in [6.07, 6.45) is 4.52. The van der Waals surface area contributed by atoms with Crippen molar-refractivity contribution >= 4 is 55.4 Å². The monoisotopic (exact) mass is 537 g/mol. The lowest BCUT2D eigenvalue weighted by Gasteiger charge is -2.19. The first-order valence-corrected chi connectivity index (χ1v) is 11.8. The van der Waals surface area contributed by atoms with Crippen molar-refractivity contribution in [3.63, 3.8) is 0 Å². The Morgan fingerprint density at radius 2 is 1.94 bits per heavy atom. The summed E-state index contributed by atoms with van der Waals surface area (Å²) in [6.45, 7) is 6.06. The number of aromatic nitrogens is 5. The molecule has 0 N–H and O–H groups in total. The average molecular weight is 539 g/mol. The van der Waals surface area contributed by atoms with Gasteiger partial charge in [-0.1, -0.05) is 33.6 Å². The summed E-state index contributed by atoms with van der Waals surface area (Å²) in [5.74, 6) is 0. The maximum Gasteiger partial charge on any atom is 0.419 e. The first kappa shape index (κ1) is 22.6. The van der Waals surface area contributed by atoms with Gasteiger partial charge in [-0.25, -0.2) is 19.4 Å². The van der Waals surface area contributed by atoms with Crippen LogP contribution >= 0.6 is 27.5 Å². The van der Waals surface area contributed by atoms with Gasteiger partial charge in [0.15, 0.2) is 0 Å². The van der Waals surface area contributed by atoms with Crippen LogP contribution in [0.25, 0.3) is 33.1 Å². The third kappa shape index (κ3) is 4.43. The Bertz CT molecular complexity index is 1540. The van der Waals surface area contributed by atoms with E-state index >= 15 is 0 Å². The van der Waals surface area contributed by atoms with Crippen molar-refractivity contribution in [1.82, 2.24) is 24.3 Å². The van der Waals surface area contributed by atoms with E-state index < -0.39 is 11.7 Å². The lowest BCUT2D eigenvalue weighted by Crippen LogP contribution is -2.26. The van der Waals surface area contributed by atoms with Gasteiger partial charge in [-0.2, -0.15) is 5.10 Å². The third-order valence-electron chi connectivity index (χ3n) is 5.29. The normalized spacial score (nSPS) is 11.9. The van der Waals surface area contributed by atoms with Crippen LogP contribution < -0.4 is 0 Å². The molecule has 9 heteroatoms. The first-order valence-electron chi connectivity index (χ1n) is 10.6. The molecular weight excluding hydrogens is 518 g/mol. The summed E-state index contributed by atoms with van der Waals surface area (Å²) in [7, 11) is 0. The molecule has 0 atom stereocenters. The van der Waals surface area contributed by atoms with Gasteiger partial charge in [-0.3, -0.25) is 4.57 Å². The number of rotatable bonds is 3. The van der Waals surface area contributed by atoms with Gasteiger partial charge in [0.25, 0.3) is 0 Å². The third-order valence-corrected chi connectivity index (χ3v) is 6.02. The summed E-state index contributed by atoms with van der Waals surface area (Å²) in [6, 6.07) is 13.4. The Kier molecular flexibility index (Phi) is 5.65. The molecule has 0 amide bonds. The van der Waals surface area contributed by atoms with Crippen LogP contribution in [0.5, 0.6) is 0 Å². The molecule has 0 fully saturated rings. The highest BCUT2D eigenvalue weighted by Gasteiger charge is 2.22. The number of carbonyl (C=O) groups excluding carboxylic acids is 1. The van der Waals surface area contributed by atoms with E-state index in [0.717, 1.165) is 43.1 Å². The van der Waals surface area contributed by atoms with E-state index in [-0.39, 0.29) is 0 Å². The standard InChI is InChI=1S/C25H21BrClN5O2/c1-25(2,3)34-24(33)32-12-20(19-9-16(26)4-7-23(19)32)21-8-15(11-31-14-28-13-29-31)18-6-5-17(27)10-22(18)30-21/h4-10,12-14H,11H2,1-3H3. The van der Waals surface area contributed by atoms with E-state index in [1.807, 2.05) is 63.2 Å². The minimum absolute atomic E-state index is 0.447. The molecule has 0 bridgehead atoms. The van der Waals surface area contributed by atoms with E-state index in [2.05, 4.69) is 26.0 Å². The van der Waals surface area contributed by atoms with Crippen molar-refractivity contribution < 1.29 is 9.53 Å². The van der Waals surface area contributed by atoms with E-state index in [9.17, 15) is 4.79 Å². The molecule has 2 aromatic carbocycles.